The molecule has 2 aromatic rings. The summed E-state index contributed by atoms with van der Waals surface area (Å²) in [6, 6.07) is 11.9. The van der Waals surface area contributed by atoms with Crippen LogP contribution in [-0.4, -0.2) is 31.1 Å². The number of methoxy groups -OCH3 is 1. The molecule has 5 nitrogen and oxygen atoms in total. The first kappa shape index (κ1) is 17.3. The van der Waals surface area contributed by atoms with Crippen LogP contribution in [0.1, 0.15) is 42.1 Å². The summed E-state index contributed by atoms with van der Waals surface area (Å²) < 4.78 is 5.56. The van der Waals surface area contributed by atoms with Gasteiger partial charge in [-0.2, -0.15) is 0 Å². The fraction of sp³-hybridized carbons (Fsp3) is 0.400. The van der Waals surface area contributed by atoms with Crippen LogP contribution in [0.5, 0.6) is 5.75 Å². The van der Waals surface area contributed by atoms with Crippen LogP contribution in [0.4, 0.5) is 5.82 Å². The van der Waals surface area contributed by atoms with Gasteiger partial charge in [0.2, 0.25) is 0 Å². The largest absolute Gasteiger partial charge is 0.496 e. The fourth-order valence-electron chi connectivity index (χ4n) is 3.38. The van der Waals surface area contributed by atoms with E-state index in [1.807, 2.05) is 25.1 Å². The summed E-state index contributed by atoms with van der Waals surface area (Å²) in [6.45, 7) is 3.32. The van der Waals surface area contributed by atoms with Crippen molar-refractivity contribution in [3.63, 3.8) is 0 Å². The molecule has 0 bridgehead atoms. The molecule has 1 aliphatic rings. The number of nitrogens with zero attached hydrogens (tertiary/aromatic N) is 1. The maximum Gasteiger partial charge on any atom is 0.252 e. The van der Waals surface area contributed by atoms with Crippen LogP contribution >= 0.6 is 0 Å². The lowest BCUT2D eigenvalue weighted by molar-refractivity contribution is 0.0955. The van der Waals surface area contributed by atoms with E-state index in [1.165, 1.54) is 12.0 Å². The van der Waals surface area contributed by atoms with Gasteiger partial charge >= 0.3 is 0 Å². The van der Waals surface area contributed by atoms with E-state index in [1.54, 1.807) is 19.4 Å². The van der Waals surface area contributed by atoms with Gasteiger partial charge in [-0.3, -0.25) is 4.79 Å². The Morgan fingerprint density at radius 3 is 2.64 bits per heavy atom. The summed E-state index contributed by atoms with van der Waals surface area (Å²) in [7, 11) is 1.72. The van der Waals surface area contributed by atoms with Crippen molar-refractivity contribution in [2.24, 2.45) is 0 Å². The lowest BCUT2D eigenvalue weighted by atomic mass is 9.64. The van der Waals surface area contributed by atoms with E-state index in [4.69, 9.17) is 4.74 Å². The quantitative estimate of drug-likeness (QED) is 0.812. The van der Waals surface area contributed by atoms with E-state index in [0.717, 1.165) is 31.0 Å². The summed E-state index contributed by atoms with van der Waals surface area (Å²) in [4.78, 5) is 16.2. The molecule has 1 fully saturated rings. The topological polar surface area (TPSA) is 63.2 Å². The summed E-state index contributed by atoms with van der Waals surface area (Å²) in [6.07, 6.45) is 5.11. The molecule has 1 heterocycles. The highest BCUT2D eigenvalue weighted by Crippen LogP contribution is 2.47. The Morgan fingerprint density at radius 1 is 1.24 bits per heavy atom. The highest BCUT2D eigenvalue weighted by Gasteiger charge is 2.40. The zero-order valence-corrected chi connectivity index (χ0v) is 14.8. The second kappa shape index (κ2) is 7.55. The zero-order valence-electron chi connectivity index (χ0n) is 14.8. The van der Waals surface area contributed by atoms with Gasteiger partial charge in [0.05, 0.1) is 12.7 Å². The SMILES string of the molecule is CCNC(=O)c1ccc(NCC2(c3ccccc3OC)CCC2)nc1. The summed E-state index contributed by atoms with van der Waals surface area (Å²) >= 11 is 0. The summed E-state index contributed by atoms with van der Waals surface area (Å²) in [5.41, 5.74) is 1.93. The van der Waals surface area contributed by atoms with Crippen molar-refractivity contribution < 1.29 is 9.53 Å². The number of aromatic nitrogens is 1. The number of pyridine rings is 1. The van der Waals surface area contributed by atoms with Crippen LogP contribution in [0.25, 0.3) is 0 Å². The van der Waals surface area contributed by atoms with Gasteiger partial charge < -0.3 is 15.4 Å². The minimum atomic E-state index is -0.0916. The fourth-order valence-corrected chi connectivity index (χ4v) is 3.38. The first-order chi connectivity index (χ1) is 12.2. The van der Waals surface area contributed by atoms with Crippen LogP contribution in [-0.2, 0) is 5.41 Å². The third kappa shape index (κ3) is 3.60. The van der Waals surface area contributed by atoms with Crippen LogP contribution < -0.4 is 15.4 Å². The number of amides is 1. The molecule has 1 saturated carbocycles. The molecule has 1 aromatic carbocycles. The average Bonchev–Trinajstić information content (AvgIpc) is 2.62. The molecule has 0 saturated heterocycles. The molecular weight excluding hydrogens is 314 g/mol. The van der Waals surface area contributed by atoms with Crippen molar-refractivity contribution in [3.8, 4) is 5.75 Å². The number of anilines is 1. The van der Waals surface area contributed by atoms with Crippen LogP contribution in [0.2, 0.25) is 0 Å². The lowest BCUT2D eigenvalue weighted by Crippen LogP contribution is -2.41. The van der Waals surface area contributed by atoms with E-state index >= 15 is 0 Å². The zero-order chi connectivity index (χ0) is 17.7. The van der Waals surface area contributed by atoms with E-state index < -0.39 is 0 Å². The van der Waals surface area contributed by atoms with Crippen molar-refractivity contribution in [3.05, 3.63) is 53.7 Å². The Kier molecular flexibility index (Phi) is 5.22. The molecule has 0 radical (unpaired) electrons. The average molecular weight is 339 g/mol. The number of hydrogen-bond donors (Lipinski definition) is 2. The third-order valence-corrected chi connectivity index (χ3v) is 4.96. The maximum absolute atomic E-state index is 11.8. The molecule has 1 amide bonds. The van der Waals surface area contributed by atoms with Crippen molar-refractivity contribution in [1.29, 1.82) is 0 Å². The molecule has 2 N–H and O–H groups in total. The smallest absolute Gasteiger partial charge is 0.252 e. The number of rotatable bonds is 7. The van der Waals surface area contributed by atoms with Crippen LogP contribution in [0, 0.1) is 0 Å². The lowest BCUT2D eigenvalue weighted by Gasteiger charge is -2.43. The van der Waals surface area contributed by atoms with Gasteiger partial charge in [0.1, 0.15) is 11.6 Å². The third-order valence-electron chi connectivity index (χ3n) is 4.96. The summed E-state index contributed by atoms with van der Waals surface area (Å²) in [5.74, 6) is 1.64. The molecule has 0 spiro atoms. The Balaban J connectivity index is 1.70. The van der Waals surface area contributed by atoms with Crippen molar-refractivity contribution in [2.45, 2.75) is 31.6 Å². The predicted octanol–water partition coefficient (Wildman–Crippen LogP) is 3.37. The maximum atomic E-state index is 11.8. The molecule has 132 valence electrons. The van der Waals surface area contributed by atoms with Gasteiger partial charge in [0.15, 0.2) is 0 Å². The first-order valence-electron chi connectivity index (χ1n) is 8.80. The predicted molar refractivity (Wildman–Crippen MR) is 99.3 cm³/mol. The number of nitrogens with one attached hydrogen (secondary N) is 2. The van der Waals surface area contributed by atoms with E-state index in [-0.39, 0.29) is 11.3 Å². The molecule has 1 aliphatic carbocycles. The molecule has 0 atom stereocenters. The van der Waals surface area contributed by atoms with Crippen molar-refractivity contribution in [2.75, 3.05) is 25.5 Å². The Morgan fingerprint density at radius 2 is 2.04 bits per heavy atom. The number of carbonyl (C=O) groups excluding carboxylic acids is 1. The Labute approximate surface area is 148 Å². The van der Waals surface area contributed by atoms with Crippen molar-refractivity contribution in [1.82, 2.24) is 10.3 Å². The monoisotopic (exact) mass is 339 g/mol. The Bertz CT molecular complexity index is 724. The van der Waals surface area contributed by atoms with Gasteiger partial charge in [0, 0.05) is 30.3 Å². The molecular formula is C20H25N3O2. The minimum Gasteiger partial charge on any atom is -0.496 e. The number of ether oxygens (including phenoxy) is 1. The van der Waals surface area contributed by atoms with Gasteiger partial charge in [-0.15, -0.1) is 0 Å². The van der Waals surface area contributed by atoms with E-state index in [2.05, 4.69) is 27.8 Å². The number of carbonyl (C=O) groups is 1. The van der Waals surface area contributed by atoms with Gasteiger partial charge in [-0.1, -0.05) is 24.6 Å². The van der Waals surface area contributed by atoms with Gasteiger partial charge in [-0.25, -0.2) is 4.98 Å². The van der Waals surface area contributed by atoms with Crippen molar-refractivity contribution >= 4 is 11.7 Å². The second-order valence-corrected chi connectivity index (χ2v) is 6.48. The normalized spacial score (nSPS) is 15.1. The molecule has 0 aliphatic heterocycles. The molecule has 25 heavy (non-hydrogen) atoms. The minimum absolute atomic E-state index is 0.0898. The number of benzene rings is 1. The number of para-hydroxylation sites is 1. The Hall–Kier alpha value is -2.56. The van der Waals surface area contributed by atoms with E-state index in [0.29, 0.717) is 12.1 Å². The van der Waals surface area contributed by atoms with Crippen LogP contribution in [0.3, 0.4) is 0 Å². The highest BCUT2D eigenvalue weighted by molar-refractivity contribution is 5.93. The first-order valence-corrected chi connectivity index (χ1v) is 8.80. The summed E-state index contributed by atoms with van der Waals surface area (Å²) in [5, 5.41) is 6.21. The molecule has 5 heteroatoms. The van der Waals surface area contributed by atoms with Gasteiger partial charge in [0.25, 0.3) is 5.91 Å². The highest BCUT2D eigenvalue weighted by atomic mass is 16.5. The van der Waals surface area contributed by atoms with Crippen LogP contribution in [0.15, 0.2) is 42.6 Å². The molecule has 1 aromatic heterocycles. The van der Waals surface area contributed by atoms with Gasteiger partial charge in [-0.05, 0) is 38.0 Å². The number of hydrogen-bond acceptors (Lipinski definition) is 4. The van der Waals surface area contributed by atoms with E-state index in [9.17, 15) is 4.79 Å². The molecule has 3 rings (SSSR count). The standard InChI is InChI=1S/C20H25N3O2/c1-3-21-19(24)15-9-10-18(22-13-15)23-14-20(11-6-12-20)16-7-4-5-8-17(16)25-2/h4-5,7-10,13H,3,6,11-12,14H2,1-2H3,(H,21,24)(H,22,23). The second-order valence-electron chi connectivity index (χ2n) is 6.48. The molecule has 0 unspecified atom stereocenters.